The van der Waals surface area contributed by atoms with Crippen LogP contribution >= 0.6 is 11.6 Å². The molecule has 0 aliphatic carbocycles. The number of aryl methyl sites for hydroxylation is 1. The Labute approximate surface area is 222 Å². The van der Waals surface area contributed by atoms with Crippen LogP contribution < -0.4 is 11.1 Å². The van der Waals surface area contributed by atoms with E-state index in [9.17, 15) is 23.8 Å². The number of nitrogens with two attached hydrogens (primary N) is 1. The molecule has 0 bridgehead atoms. The van der Waals surface area contributed by atoms with Gasteiger partial charge in [0.2, 0.25) is 0 Å². The smallest absolute Gasteiger partial charge is 0.410 e. The summed E-state index contributed by atoms with van der Waals surface area (Å²) in [6.45, 7) is 3.07. The summed E-state index contributed by atoms with van der Waals surface area (Å²) >= 11 is 6.43. The number of carboxylic acid groups (broad SMARTS) is 1. The lowest BCUT2D eigenvalue weighted by atomic mass is 9.94. The Morgan fingerprint density at radius 1 is 1.18 bits per heavy atom. The number of fused-ring (bicyclic) bond motifs is 1. The number of amides is 1. The topological polar surface area (TPSA) is 126 Å². The lowest BCUT2D eigenvalue weighted by Gasteiger charge is -2.18. The molecule has 196 valence electrons. The average molecular weight is 540 g/mol. The number of aliphatic hydroxyl groups is 1. The van der Waals surface area contributed by atoms with E-state index >= 15 is 0 Å². The fourth-order valence-electron chi connectivity index (χ4n) is 4.14. The van der Waals surface area contributed by atoms with Crippen molar-refractivity contribution in [1.29, 1.82) is 0 Å². The third kappa shape index (κ3) is 5.92. The van der Waals surface area contributed by atoms with Gasteiger partial charge in [0.25, 0.3) is 0 Å². The van der Waals surface area contributed by atoms with E-state index in [1.807, 2.05) is 0 Å². The first-order valence-electron chi connectivity index (χ1n) is 11.4. The number of nitrogens with one attached hydrogen (secondary N) is 1. The molecule has 11 heteroatoms. The zero-order valence-corrected chi connectivity index (χ0v) is 21.4. The van der Waals surface area contributed by atoms with Crippen molar-refractivity contribution >= 4 is 34.4 Å². The van der Waals surface area contributed by atoms with Gasteiger partial charge in [-0.2, -0.15) is 5.10 Å². The summed E-state index contributed by atoms with van der Waals surface area (Å²) in [4.78, 5) is 15.9. The average Bonchev–Trinajstić information content (AvgIpc) is 3.13. The van der Waals surface area contributed by atoms with Crippen LogP contribution in [0.4, 0.5) is 19.4 Å². The monoisotopic (exact) mass is 539 g/mol. The number of pyridine rings is 1. The van der Waals surface area contributed by atoms with Crippen molar-refractivity contribution in [3.05, 3.63) is 76.1 Å². The molecule has 0 saturated heterocycles. The summed E-state index contributed by atoms with van der Waals surface area (Å²) in [5, 5.41) is 26.4. The van der Waals surface area contributed by atoms with Crippen LogP contribution in [-0.4, -0.2) is 36.7 Å². The van der Waals surface area contributed by atoms with Crippen LogP contribution in [0.3, 0.4) is 0 Å². The first kappa shape index (κ1) is 27.0. The summed E-state index contributed by atoms with van der Waals surface area (Å²) in [6.07, 6.45) is -1.24. The number of carbonyl (C=O) groups is 1. The maximum atomic E-state index is 13.8. The summed E-state index contributed by atoms with van der Waals surface area (Å²) in [6, 6.07) is 9.09. The third-order valence-corrected chi connectivity index (χ3v) is 5.92. The number of aromatic nitrogens is 3. The van der Waals surface area contributed by atoms with Gasteiger partial charge in [-0.25, -0.2) is 18.6 Å². The molecule has 1 atom stereocenters. The highest BCUT2D eigenvalue weighted by Crippen LogP contribution is 2.39. The van der Waals surface area contributed by atoms with Crippen LogP contribution in [0.1, 0.15) is 36.8 Å². The van der Waals surface area contributed by atoms with Gasteiger partial charge in [-0.1, -0.05) is 23.6 Å². The van der Waals surface area contributed by atoms with E-state index in [2.05, 4.69) is 27.2 Å². The van der Waals surface area contributed by atoms with E-state index in [0.717, 1.165) is 6.07 Å². The first-order chi connectivity index (χ1) is 17.8. The van der Waals surface area contributed by atoms with Crippen LogP contribution in [0.2, 0.25) is 5.02 Å². The number of halogens is 3. The molecule has 5 N–H and O–H groups in total. The minimum Gasteiger partial charge on any atom is -0.465 e. The predicted octanol–water partition coefficient (Wildman–Crippen LogP) is 5.02. The minimum atomic E-state index is -1.30. The van der Waals surface area contributed by atoms with Crippen molar-refractivity contribution in [2.24, 2.45) is 12.8 Å². The number of nitrogens with zero attached hydrogens (tertiary/aromatic N) is 3. The SMILES string of the molecule is Cn1nc(NC(=O)O)c2c(Cl)ccc(-c3ccc(C#CC(C)(C)O)nc3C(N)Cc3cc(F)cc(F)c3)c21. The van der Waals surface area contributed by atoms with Crippen molar-refractivity contribution in [3.8, 4) is 23.0 Å². The molecule has 1 unspecified atom stereocenters. The van der Waals surface area contributed by atoms with Gasteiger partial charge >= 0.3 is 6.09 Å². The summed E-state index contributed by atoms with van der Waals surface area (Å²) in [7, 11) is 1.64. The van der Waals surface area contributed by atoms with Crippen LogP contribution in [0, 0.1) is 23.5 Å². The van der Waals surface area contributed by atoms with Gasteiger partial charge in [0, 0.05) is 24.2 Å². The van der Waals surface area contributed by atoms with Crippen LogP contribution in [-0.2, 0) is 13.5 Å². The van der Waals surface area contributed by atoms with Gasteiger partial charge in [0.05, 0.1) is 27.7 Å². The van der Waals surface area contributed by atoms with E-state index in [1.54, 1.807) is 31.3 Å². The highest BCUT2D eigenvalue weighted by molar-refractivity contribution is 6.37. The number of anilines is 1. The van der Waals surface area contributed by atoms with Crippen molar-refractivity contribution in [2.45, 2.75) is 31.9 Å². The van der Waals surface area contributed by atoms with Crippen molar-refractivity contribution in [2.75, 3.05) is 5.32 Å². The third-order valence-electron chi connectivity index (χ3n) is 5.60. The molecule has 0 fully saturated rings. The normalized spacial score (nSPS) is 12.2. The molecule has 4 aromatic rings. The van der Waals surface area contributed by atoms with Gasteiger partial charge in [-0.3, -0.25) is 10.00 Å². The number of hydrogen-bond acceptors (Lipinski definition) is 5. The molecule has 2 heterocycles. The zero-order chi connectivity index (χ0) is 27.8. The van der Waals surface area contributed by atoms with E-state index in [1.165, 1.54) is 30.7 Å². The maximum absolute atomic E-state index is 13.8. The molecule has 0 saturated carbocycles. The molecular weight excluding hydrogens is 516 g/mol. The molecular formula is C27H24ClF2N5O3. The lowest BCUT2D eigenvalue weighted by molar-refractivity contribution is 0.143. The van der Waals surface area contributed by atoms with E-state index in [0.29, 0.717) is 39.0 Å². The fourth-order valence-corrected chi connectivity index (χ4v) is 4.38. The van der Waals surface area contributed by atoms with E-state index in [-0.39, 0.29) is 17.3 Å². The molecule has 4 rings (SSSR count). The Balaban J connectivity index is 1.91. The first-order valence-corrected chi connectivity index (χ1v) is 11.8. The van der Waals surface area contributed by atoms with E-state index in [4.69, 9.17) is 17.3 Å². The minimum absolute atomic E-state index is 0.0588. The summed E-state index contributed by atoms with van der Waals surface area (Å²) in [5.74, 6) is 4.14. The molecule has 0 radical (unpaired) electrons. The predicted molar refractivity (Wildman–Crippen MR) is 141 cm³/mol. The van der Waals surface area contributed by atoms with Crippen LogP contribution in [0.5, 0.6) is 0 Å². The fraction of sp³-hybridized carbons (Fsp3) is 0.222. The van der Waals surface area contributed by atoms with Crippen molar-refractivity contribution in [1.82, 2.24) is 14.8 Å². The van der Waals surface area contributed by atoms with E-state index < -0.39 is 29.4 Å². The van der Waals surface area contributed by atoms with Gasteiger partial charge in [0.15, 0.2) is 5.82 Å². The molecule has 0 aliphatic rings. The van der Waals surface area contributed by atoms with Gasteiger partial charge in [-0.15, -0.1) is 0 Å². The number of rotatable bonds is 5. The Hall–Kier alpha value is -4.04. The number of benzene rings is 2. The van der Waals surface area contributed by atoms with Crippen LogP contribution in [0.25, 0.3) is 22.0 Å². The highest BCUT2D eigenvalue weighted by atomic mass is 35.5. The quantitative estimate of drug-likeness (QED) is 0.264. The second kappa shape index (κ2) is 10.4. The zero-order valence-electron chi connectivity index (χ0n) is 20.7. The maximum Gasteiger partial charge on any atom is 0.410 e. The van der Waals surface area contributed by atoms with Gasteiger partial charge in [-0.05, 0) is 62.1 Å². The molecule has 1 amide bonds. The molecule has 0 aliphatic heterocycles. The highest BCUT2D eigenvalue weighted by Gasteiger charge is 2.23. The molecule has 2 aromatic carbocycles. The Morgan fingerprint density at radius 3 is 2.47 bits per heavy atom. The second-order valence-corrected chi connectivity index (χ2v) is 9.65. The second-order valence-electron chi connectivity index (χ2n) is 9.25. The number of hydrogen-bond donors (Lipinski definition) is 4. The van der Waals surface area contributed by atoms with Gasteiger partial charge < -0.3 is 15.9 Å². The summed E-state index contributed by atoms with van der Waals surface area (Å²) in [5.41, 5.74) is 8.02. The standard InChI is InChI=1S/C27H24ClF2N5O3/c1-27(2,38)9-8-17-4-5-18(23(32-17)21(31)12-14-10-15(29)13-16(30)11-14)19-6-7-20(28)22-24(19)35(3)34-25(22)33-26(36)37/h4-7,10-11,13,21,38H,12,31H2,1-3H3,(H,33,34)(H,36,37). The molecule has 8 nitrogen and oxygen atoms in total. The lowest BCUT2D eigenvalue weighted by Crippen LogP contribution is -2.17. The van der Waals surface area contributed by atoms with Crippen molar-refractivity contribution < 1.29 is 23.8 Å². The Morgan fingerprint density at radius 2 is 1.84 bits per heavy atom. The summed E-state index contributed by atoms with van der Waals surface area (Å²) < 4.78 is 29.2. The van der Waals surface area contributed by atoms with Gasteiger partial charge in [0.1, 0.15) is 22.9 Å². The molecule has 2 aromatic heterocycles. The molecule has 38 heavy (non-hydrogen) atoms. The van der Waals surface area contributed by atoms with Crippen LogP contribution in [0.15, 0.2) is 42.5 Å². The largest absolute Gasteiger partial charge is 0.465 e. The Bertz CT molecular complexity index is 1600. The van der Waals surface area contributed by atoms with Crippen molar-refractivity contribution in [3.63, 3.8) is 0 Å². The molecule has 0 spiro atoms. The Kier molecular flexibility index (Phi) is 7.37.